The highest BCUT2D eigenvalue weighted by Gasteiger charge is 2.10. The smallest absolute Gasteiger partial charge is 0.106 e. The molecule has 0 amide bonds. The first-order chi connectivity index (χ1) is 10.2. The van der Waals surface area contributed by atoms with E-state index in [-0.39, 0.29) is 0 Å². The minimum atomic E-state index is 0.452. The number of aromatic nitrogens is 4. The second-order valence-electron chi connectivity index (χ2n) is 5.60. The second kappa shape index (κ2) is 7.41. The molecule has 21 heavy (non-hydrogen) atoms. The lowest BCUT2D eigenvalue weighted by atomic mass is 10.3. The van der Waals surface area contributed by atoms with Gasteiger partial charge in [-0.05, 0) is 39.3 Å². The summed E-state index contributed by atoms with van der Waals surface area (Å²) in [5.41, 5.74) is 2.31. The van der Waals surface area contributed by atoms with Crippen molar-refractivity contribution in [3.05, 3.63) is 35.7 Å². The molecule has 1 atom stereocenters. The fraction of sp³-hybridized carbons (Fsp3) is 0.625. The first-order valence-electron chi connectivity index (χ1n) is 7.91. The van der Waals surface area contributed by atoms with Crippen molar-refractivity contribution in [1.82, 2.24) is 24.6 Å². The van der Waals surface area contributed by atoms with E-state index in [4.69, 9.17) is 0 Å². The lowest BCUT2D eigenvalue weighted by Crippen LogP contribution is -2.18. The predicted octanol–water partition coefficient (Wildman–Crippen LogP) is 2.91. The van der Waals surface area contributed by atoms with Crippen molar-refractivity contribution >= 4 is 0 Å². The highest BCUT2D eigenvalue weighted by molar-refractivity contribution is 5.09. The lowest BCUT2D eigenvalue weighted by Gasteiger charge is -2.10. The van der Waals surface area contributed by atoms with Gasteiger partial charge in [-0.3, -0.25) is 4.68 Å². The molecule has 116 valence electrons. The maximum Gasteiger partial charge on any atom is 0.106 e. The summed E-state index contributed by atoms with van der Waals surface area (Å²) in [5, 5.41) is 8.12. The Morgan fingerprint density at radius 3 is 2.86 bits per heavy atom. The minimum absolute atomic E-state index is 0.452. The summed E-state index contributed by atoms with van der Waals surface area (Å²) >= 11 is 0. The van der Waals surface area contributed by atoms with Gasteiger partial charge in [0.05, 0.1) is 17.9 Å². The van der Waals surface area contributed by atoms with Crippen LogP contribution < -0.4 is 5.32 Å². The van der Waals surface area contributed by atoms with Crippen LogP contribution in [0.2, 0.25) is 0 Å². The van der Waals surface area contributed by atoms with Crippen molar-refractivity contribution in [3.63, 3.8) is 0 Å². The summed E-state index contributed by atoms with van der Waals surface area (Å²) in [5.74, 6) is 1.04. The summed E-state index contributed by atoms with van der Waals surface area (Å²) in [6.07, 6.45) is 6.28. The Bertz CT molecular complexity index is 555. The second-order valence-corrected chi connectivity index (χ2v) is 5.60. The highest BCUT2D eigenvalue weighted by atomic mass is 15.3. The third kappa shape index (κ3) is 3.94. The van der Waals surface area contributed by atoms with Crippen molar-refractivity contribution in [2.45, 2.75) is 59.7 Å². The monoisotopic (exact) mass is 289 g/mol. The standard InChI is InChI=1S/C16H27N5/c1-5-8-17-10-16-11-18-14(4)20(16)12-15-7-9-21(19-15)13(3)6-2/h7,9,11,13,17H,5-6,8,10,12H2,1-4H3. The van der Waals surface area contributed by atoms with Gasteiger partial charge in [0.25, 0.3) is 0 Å². The lowest BCUT2D eigenvalue weighted by molar-refractivity contribution is 0.471. The normalized spacial score (nSPS) is 12.8. The Morgan fingerprint density at radius 1 is 1.33 bits per heavy atom. The van der Waals surface area contributed by atoms with Gasteiger partial charge in [-0.2, -0.15) is 5.10 Å². The van der Waals surface area contributed by atoms with Crippen molar-refractivity contribution < 1.29 is 0 Å². The summed E-state index contributed by atoms with van der Waals surface area (Å²) < 4.78 is 4.29. The van der Waals surface area contributed by atoms with Crippen LogP contribution in [0.15, 0.2) is 18.5 Å². The SMILES string of the molecule is CCCNCc1cnc(C)n1Cc1ccn(C(C)CC)n1. The Kier molecular flexibility index (Phi) is 5.56. The molecule has 5 heteroatoms. The topological polar surface area (TPSA) is 47.7 Å². The predicted molar refractivity (Wildman–Crippen MR) is 85.3 cm³/mol. The number of aryl methyl sites for hydroxylation is 1. The number of imidazole rings is 1. The van der Waals surface area contributed by atoms with Gasteiger partial charge in [0, 0.05) is 25.0 Å². The number of nitrogens with one attached hydrogen (secondary N) is 1. The zero-order chi connectivity index (χ0) is 15.2. The molecule has 0 aromatic carbocycles. The van der Waals surface area contributed by atoms with Gasteiger partial charge in [0.2, 0.25) is 0 Å². The Morgan fingerprint density at radius 2 is 2.14 bits per heavy atom. The van der Waals surface area contributed by atoms with E-state index in [1.807, 2.05) is 6.20 Å². The molecule has 0 saturated heterocycles. The summed E-state index contributed by atoms with van der Waals surface area (Å²) in [4.78, 5) is 4.44. The fourth-order valence-corrected chi connectivity index (χ4v) is 2.32. The molecule has 1 N–H and O–H groups in total. The largest absolute Gasteiger partial charge is 0.325 e. The van der Waals surface area contributed by atoms with Gasteiger partial charge in [0.15, 0.2) is 0 Å². The molecular weight excluding hydrogens is 262 g/mol. The Labute approximate surface area is 127 Å². The maximum atomic E-state index is 4.68. The molecule has 2 rings (SSSR count). The molecule has 2 aromatic rings. The van der Waals surface area contributed by atoms with Crippen LogP contribution in [0.25, 0.3) is 0 Å². The van der Waals surface area contributed by atoms with Gasteiger partial charge in [0.1, 0.15) is 5.82 Å². The Balaban J connectivity index is 2.08. The third-order valence-electron chi connectivity index (χ3n) is 3.90. The summed E-state index contributed by atoms with van der Waals surface area (Å²) in [6.45, 7) is 11.3. The molecule has 0 radical (unpaired) electrons. The number of hydrogen-bond acceptors (Lipinski definition) is 3. The van der Waals surface area contributed by atoms with Crippen molar-refractivity contribution in [2.24, 2.45) is 0 Å². The molecule has 0 fully saturated rings. The maximum absolute atomic E-state index is 4.68. The zero-order valence-corrected chi connectivity index (χ0v) is 13.6. The van der Waals surface area contributed by atoms with E-state index in [1.54, 1.807) is 0 Å². The molecule has 0 aliphatic heterocycles. The van der Waals surface area contributed by atoms with Gasteiger partial charge >= 0.3 is 0 Å². The summed E-state index contributed by atoms with van der Waals surface area (Å²) in [7, 11) is 0. The van der Waals surface area contributed by atoms with Crippen molar-refractivity contribution in [2.75, 3.05) is 6.54 Å². The van der Waals surface area contributed by atoms with Crippen LogP contribution >= 0.6 is 0 Å². The number of hydrogen-bond donors (Lipinski definition) is 1. The molecule has 0 saturated carbocycles. The molecular formula is C16H27N5. The molecule has 0 aliphatic rings. The van der Waals surface area contributed by atoms with E-state index >= 15 is 0 Å². The quantitative estimate of drug-likeness (QED) is 0.760. The zero-order valence-electron chi connectivity index (χ0n) is 13.6. The molecule has 2 aromatic heterocycles. The fourth-order valence-electron chi connectivity index (χ4n) is 2.32. The number of rotatable bonds is 8. The van der Waals surface area contributed by atoms with Crippen molar-refractivity contribution in [1.29, 1.82) is 0 Å². The van der Waals surface area contributed by atoms with Crippen LogP contribution in [0.4, 0.5) is 0 Å². The van der Waals surface area contributed by atoms with Gasteiger partial charge in [-0.15, -0.1) is 0 Å². The van der Waals surface area contributed by atoms with Crippen LogP contribution in [-0.4, -0.2) is 25.9 Å². The van der Waals surface area contributed by atoms with Crippen LogP contribution in [0.5, 0.6) is 0 Å². The van der Waals surface area contributed by atoms with Crippen LogP contribution in [-0.2, 0) is 13.1 Å². The molecule has 2 heterocycles. The van der Waals surface area contributed by atoms with Gasteiger partial charge < -0.3 is 9.88 Å². The van der Waals surface area contributed by atoms with E-state index in [2.05, 4.69) is 64.6 Å². The van der Waals surface area contributed by atoms with Gasteiger partial charge in [-0.25, -0.2) is 4.98 Å². The average Bonchev–Trinajstić information content (AvgIpc) is 3.08. The molecule has 0 bridgehead atoms. The van der Waals surface area contributed by atoms with E-state index in [0.29, 0.717) is 6.04 Å². The number of nitrogens with zero attached hydrogens (tertiary/aromatic N) is 4. The Hall–Kier alpha value is -1.62. The molecule has 5 nitrogen and oxygen atoms in total. The average molecular weight is 289 g/mol. The van der Waals surface area contributed by atoms with E-state index < -0.39 is 0 Å². The van der Waals surface area contributed by atoms with Crippen molar-refractivity contribution in [3.8, 4) is 0 Å². The highest BCUT2D eigenvalue weighted by Crippen LogP contribution is 2.12. The summed E-state index contributed by atoms with van der Waals surface area (Å²) in [6, 6.07) is 2.56. The molecule has 0 aliphatic carbocycles. The van der Waals surface area contributed by atoms with Crippen LogP contribution in [0.3, 0.4) is 0 Å². The van der Waals surface area contributed by atoms with Crippen LogP contribution in [0.1, 0.15) is 56.9 Å². The van der Waals surface area contributed by atoms with E-state index in [9.17, 15) is 0 Å². The van der Waals surface area contributed by atoms with Crippen LogP contribution in [0, 0.1) is 6.92 Å². The van der Waals surface area contributed by atoms with Gasteiger partial charge in [-0.1, -0.05) is 13.8 Å². The first-order valence-corrected chi connectivity index (χ1v) is 7.91. The van der Waals surface area contributed by atoms with E-state index in [0.717, 1.165) is 44.0 Å². The first kappa shape index (κ1) is 15.8. The minimum Gasteiger partial charge on any atom is -0.325 e. The molecule has 0 spiro atoms. The molecule has 1 unspecified atom stereocenters. The van der Waals surface area contributed by atoms with E-state index in [1.165, 1.54) is 5.69 Å². The third-order valence-corrected chi connectivity index (χ3v) is 3.90.